The number of fused-ring (bicyclic) bond motifs is 2. The number of primary amides is 1. The predicted molar refractivity (Wildman–Crippen MR) is 159 cm³/mol. The van der Waals surface area contributed by atoms with E-state index < -0.39 is 51.7 Å². The number of hydrogen-bond donors (Lipinski definition) is 3. The molecule has 2 aromatic carbocycles. The molecule has 9 nitrogen and oxygen atoms in total. The molecule has 3 aliphatic rings. The number of aromatic nitrogens is 3. The van der Waals surface area contributed by atoms with Crippen LogP contribution in [0.1, 0.15) is 60.3 Å². The van der Waals surface area contributed by atoms with Gasteiger partial charge in [0.15, 0.2) is 5.60 Å². The van der Waals surface area contributed by atoms with Crippen LogP contribution in [0, 0.1) is 11.6 Å². The summed E-state index contributed by atoms with van der Waals surface area (Å²) in [6.45, 7) is 0.589. The van der Waals surface area contributed by atoms with E-state index in [1.807, 2.05) is 4.68 Å². The van der Waals surface area contributed by atoms with Crippen LogP contribution in [0.25, 0.3) is 22.2 Å². The Hall–Kier alpha value is -3.87. The highest BCUT2D eigenvalue weighted by Gasteiger charge is 2.62. The number of pyridine rings is 1. The molecule has 0 radical (unpaired) electrons. The van der Waals surface area contributed by atoms with Gasteiger partial charge in [-0.3, -0.25) is 14.3 Å². The average Bonchev–Trinajstić information content (AvgIpc) is 3.92. The van der Waals surface area contributed by atoms with E-state index in [0.717, 1.165) is 18.9 Å². The molecule has 0 saturated heterocycles. The topological polar surface area (TPSA) is 132 Å². The fourth-order valence-corrected chi connectivity index (χ4v) is 6.19. The van der Waals surface area contributed by atoms with Crippen LogP contribution in [0.5, 0.6) is 5.75 Å². The molecule has 2 amide bonds. The number of benzene rings is 2. The Morgan fingerprint density at radius 2 is 1.89 bits per heavy atom. The zero-order valence-electron chi connectivity index (χ0n) is 23.8. The molecule has 2 atom stereocenters. The first-order chi connectivity index (χ1) is 21.2. The van der Waals surface area contributed by atoms with Gasteiger partial charge < -0.3 is 20.9 Å². The average molecular weight is 660 g/mol. The van der Waals surface area contributed by atoms with Crippen LogP contribution in [-0.2, 0) is 15.8 Å². The number of nitrogens with two attached hydrogens (primary N) is 1. The van der Waals surface area contributed by atoms with Gasteiger partial charge in [-0.25, -0.2) is 18.2 Å². The van der Waals surface area contributed by atoms with Crippen molar-refractivity contribution < 1.29 is 32.6 Å². The van der Waals surface area contributed by atoms with Crippen molar-refractivity contribution in [1.82, 2.24) is 20.1 Å². The van der Waals surface area contributed by atoms with E-state index >= 15 is 8.78 Å². The summed E-state index contributed by atoms with van der Waals surface area (Å²) in [6, 6.07) is 6.16. The number of halogens is 5. The molecular weight excluding hydrogens is 634 g/mol. The Labute approximate surface area is 264 Å². The van der Waals surface area contributed by atoms with Crippen LogP contribution in [-0.4, -0.2) is 50.5 Å². The third-order valence-electron chi connectivity index (χ3n) is 9.00. The minimum Gasteiger partial charge on any atom is -0.489 e. The summed E-state index contributed by atoms with van der Waals surface area (Å²) in [4.78, 5) is 30.3. The molecule has 2 saturated carbocycles. The van der Waals surface area contributed by atoms with Crippen LogP contribution < -0.4 is 15.8 Å². The lowest BCUT2D eigenvalue weighted by atomic mass is 9.80. The summed E-state index contributed by atoms with van der Waals surface area (Å²) in [7, 11) is 0. The minimum absolute atomic E-state index is 0.0496. The molecule has 4 aromatic rings. The highest BCUT2D eigenvalue weighted by molar-refractivity contribution is 6.35. The summed E-state index contributed by atoms with van der Waals surface area (Å²) >= 11 is 12.4. The largest absolute Gasteiger partial charge is 0.489 e. The molecule has 1 aliphatic heterocycles. The summed E-state index contributed by atoms with van der Waals surface area (Å²) in [5, 5.41) is 19.6. The number of carbonyl (C=O) groups is 2. The Kier molecular flexibility index (Phi) is 6.67. The van der Waals surface area contributed by atoms with Crippen molar-refractivity contribution >= 4 is 45.9 Å². The van der Waals surface area contributed by atoms with Gasteiger partial charge in [-0.1, -0.05) is 23.2 Å². The lowest BCUT2D eigenvalue weighted by Gasteiger charge is -2.33. The highest BCUT2D eigenvalue weighted by Crippen LogP contribution is 2.55. The molecule has 7 rings (SSSR count). The maximum absolute atomic E-state index is 16.1. The molecule has 2 aliphatic carbocycles. The van der Waals surface area contributed by atoms with Crippen LogP contribution in [0.4, 0.5) is 13.2 Å². The van der Waals surface area contributed by atoms with Crippen molar-refractivity contribution in [2.45, 2.75) is 55.3 Å². The SMILES string of the molecule is C[C@]1(C(N)=O)COc2c1cc(C(O)(CNC(=O)c1cc(Cl)c3nn(C4CC4)cc3c1)C1(F)CC1)nc2-c1cc(Cl)c(F)cc1F. The molecule has 45 heavy (non-hydrogen) atoms. The maximum atomic E-state index is 16.1. The zero-order valence-corrected chi connectivity index (χ0v) is 25.3. The first-order valence-electron chi connectivity index (χ1n) is 14.3. The number of alkyl halides is 1. The fourth-order valence-electron chi connectivity index (χ4n) is 5.77. The van der Waals surface area contributed by atoms with Crippen molar-refractivity contribution in [3.8, 4) is 17.0 Å². The van der Waals surface area contributed by atoms with E-state index in [0.29, 0.717) is 23.0 Å². The van der Waals surface area contributed by atoms with E-state index in [2.05, 4.69) is 15.4 Å². The highest BCUT2D eigenvalue weighted by atomic mass is 35.5. The van der Waals surface area contributed by atoms with E-state index in [4.69, 9.17) is 33.7 Å². The molecule has 1 unspecified atom stereocenters. The Bertz CT molecular complexity index is 1950. The van der Waals surface area contributed by atoms with E-state index in [-0.39, 0.29) is 58.3 Å². The molecule has 14 heteroatoms. The normalized spacial score (nSPS) is 21.2. The maximum Gasteiger partial charge on any atom is 0.251 e. The van der Waals surface area contributed by atoms with Crippen molar-refractivity contribution in [3.63, 3.8) is 0 Å². The van der Waals surface area contributed by atoms with Gasteiger partial charge in [0.25, 0.3) is 5.91 Å². The molecule has 4 N–H and O–H groups in total. The first kappa shape index (κ1) is 29.8. The first-order valence-corrected chi connectivity index (χ1v) is 15.0. The number of aliphatic hydroxyl groups is 1. The van der Waals surface area contributed by atoms with Gasteiger partial charge in [-0.15, -0.1) is 0 Å². The Balaban J connectivity index is 1.30. The number of hydrogen-bond acceptors (Lipinski definition) is 6. The van der Waals surface area contributed by atoms with Gasteiger partial charge in [0.1, 0.15) is 46.3 Å². The monoisotopic (exact) mass is 659 g/mol. The third-order valence-corrected chi connectivity index (χ3v) is 9.58. The van der Waals surface area contributed by atoms with Crippen LogP contribution >= 0.6 is 23.2 Å². The van der Waals surface area contributed by atoms with Crippen molar-refractivity contribution in [3.05, 3.63) is 75.0 Å². The van der Waals surface area contributed by atoms with Crippen molar-refractivity contribution in [1.29, 1.82) is 0 Å². The minimum atomic E-state index is -2.45. The number of carbonyl (C=O) groups excluding carboxylic acids is 2. The van der Waals surface area contributed by atoms with Crippen LogP contribution in [0.3, 0.4) is 0 Å². The van der Waals surface area contributed by atoms with E-state index in [9.17, 15) is 19.1 Å². The van der Waals surface area contributed by atoms with Crippen molar-refractivity contribution in [2.24, 2.45) is 5.73 Å². The molecular formula is C31H26Cl2F3N5O4. The van der Waals surface area contributed by atoms with Crippen LogP contribution in [0.15, 0.2) is 36.5 Å². The smallest absolute Gasteiger partial charge is 0.251 e. The van der Waals surface area contributed by atoms with Gasteiger partial charge in [0, 0.05) is 34.3 Å². The van der Waals surface area contributed by atoms with Gasteiger partial charge in [0.2, 0.25) is 5.91 Å². The lowest BCUT2D eigenvalue weighted by Crippen LogP contribution is -2.49. The van der Waals surface area contributed by atoms with Gasteiger partial charge in [-0.2, -0.15) is 5.10 Å². The second kappa shape index (κ2) is 10.1. The molecule has 3 heterocycles. The molecule has 2 aromatic heterocycles. The van der Waals surface area contributed by atoms with Gasteiger partial charge >= 0.3 is 0 Å². The summed E-state index contributed by atoms with van der Waals surface area (Å²) in [5.41, 5.74) is -0.470. The van der Waals surface area contributed by atoms with Gasteiger partial charge in [-0.05, 0) is 56.9 Å². The van der Waals surface area contributed by atoms with E-state index in [1.54, 1.807) is 12.3 Å². The standard InChI is InChI=1S/C31H26Cl2F3N5O4/c1-29(28(37)43)13-45-26-18(29)9-23(39-25(26)17-8-19(32)22(35)10-21(17)34)31(44,30(36)4-5-30)12-38-27(42)14-6-15-11-41(16-2-3-16)40-24(15)20(33)7-14/h6-11,16,44H,2-5,12-13H2,1H3,(H2,37,43)(H,38,42)/t29-,31?/m0/s1. The quantitative estimate of drug-likeness (QED) is 0.221. The fraction of sp³-hybridized carbons (Fsp3) is 0.355. The zero-order chi connectivity index (χ0) is 32.1. The van der Waals surface area contributed by atoms with Crippen LogP contribution in [0.2, 0.25) is 10.0 Å². The number of ether oxygens (including phenoxy) is 1. The van der Waals surface area contributed by atoms with E-state index in [1.165, 1.54) is 19.1 Å². The molecule has 2 fully saturated rings. The number of rotatable bonds is 8. The van der Waals surface area contributed by atoms with Crippen molar-refractivity contribution in [2.75, 3.05) is 13.2 Å². The number of nitrogens with one attached hydrogen (secondary N) is 1. The lowest BCUT2D eigenvalue weighted by molar-refractivity contribution is -0.123. The Morgan fingerprint density at radius 3 is 2.56 bits per heavy atom. The molecule has 234 valence electrons. The number of amides is 2. The second-order valence-electron chi connectivity index (χ2n) is 12.2. The van der Waals surface area contributed by atoms with Gasteiger partial charge in [0.05, 0.1) is 28.3 Å². The second-order valence-corrected chi connectivity index (χ2v) is 13.0. The number of nitrogens with zero attached hydrogens (tertiary/aromatic N) is 3. The summed E-state index contributed by atoms with van der Waals surface area (Å²) < 4.78 is 52.9. The molecule has 0 bridgehead atoms. The summed E-state index contributed by atoms with van der Waals surface area (Å²) in [5.74, 6) is -3.57. The predicted octanol–water partition coefficient (Wildman–Crippen LogP) is 5.27. The molecule has 0 spiro atoms. The third kappa shape index (κ3) is 4.72. The summed E-state index contributed by atoms with van der Waals surface area (Å²) in [6.07, 6.45) is 3.69. The Morgan fingerprint density at radius 1 is 1.16 bits per heavy atom.